The quantitative estimate of drug-likeness (QED) is 0.799. The van der Waals surface area contributed by atoms with E-state index in [0.29, 0.717) is 17.9 Å². The van der Waals surface area contributed by atoms with Crippen LogP contribution in [-0.2, 0) is 4.79 Å². The summed E-state index contributed by atoms with van der Waals surface area (Å²) in [7, 11) is 0. The number of benzene rings is 1. The minimum absolute atomic E-state index is 0.0611. The Bertz CT molecular complexity index is 772. The lowest BCUT2D eigenvalue weighted by atomic mass is 10.1. The van der Waals surface area contributed by atoms with Gasteiger partial charge in [-0.3, -0.25) is 4.79 Å². The largest absolute Gasteiger partial charge is 0.393 e. The van der Waals surface area contributed by atoms with Gasteiger partial charge >= 0.3 is 0 Å². The first-order chi connectivity index (χ1) is 12.0. The Hall–Kier alpha value is -2.61. The fourth-order valence-electron chi connectivity index (χ4n) is 2.96. The minimum atomic E-state index is -0.375. The molecule has 1 aliphatic carbocycles. The Morgan fingerprint density at radius 1 is 1.40 bits per heavy atom. The summed E-state index contributed by atoms with van der Waals surface area (Å²) in [6, 6.07) is 5.79. The molecule has 0 radical (unpaired) electrons. The second kappa shape index (κ2) is 7.52. The van der Waals surface area contributed by atoms with Crippen molar-refractivity contribution in [1.82, 2.24) is 25.5 Å². The average molecular weight is 345 g/mol. The summed E-state index contributed by atoms with van der Waals surface area (Å²) in [5, 5.41) is 24.0. The van der Waals surface area contributed by atoms with Crippen LogP contribution in [0.4, 0.5) is 4.39 Å². The van der Waals surface area contributed by atoms with E-state index in [9.17, 15) is 14.3 Å². The number of aryl methyl sites for hydroxylation is 1. The number of carbonyl (C=O) groups is 1. The van der Waals surface area contributed by atoms with Crippen molar-refractivity contribution in [3.63, 3.8) is 0 Å². The Balaban J connectivity index is 1.82. The summed E-state index contributed by atoms with van der Waals surface area (Å²) in [6.45, 7) is 2.08. The Kier molecular flexibility index (Phi) is 5.18. The molecule has 2 atom stereocenters. The van der Waals surface area contributed by atoms with Gasteiger partial charge in [0.15, 0.2) is 5.82 Å². The second-order valence-corrected chi connectivity index (χ2v) is 6.19. The lowest BCUT2D eigenvalue weighted by Gasteiger charge is -2.16. The van der Waals surface area contributed by atoms with Gasteiger partial charge in [-0.1, -0.05) is 18.6 Å². The summed E-state index contributed by atoms with van der Waals surface area (Å²) >= 11 is 0. The molecule has 2 N–H and O–H groups in total. The smallest absolute Gasteiger partial charge is 0.270 e. The summed E-state index contributed by atoms with van der Waals surface area (Å²) in [5.41, 5.74) is 0.893. The third kappa shape index (κ3) is 4.08. The van der Waals surface area contributed by atoms with Crippen LogP contribution < -0.4 is 5.32 Å². The maximum Gasteiger partial charge on any atom is 0.270 e. The van der Waals surface area contributed by atoms with E-state index in [2.05, 4.69) is 20.8 Å². The summed E-state index contributed by atoms with van der Waals surface area (Å²) in [4.78, 5) is 12.7. The lowest BCUT2D eigenvalue weighted by molar-refractivity contribution is -0.116. The van der Waals surface area contributed by atoms with Gasteiger partial charge in [0.25, 0.3) is 5.91 Å². The zero-order valence-electron chi connectivity index (χ0n) is 13.9. The van der Waals surface area contributed by atoms with Gasteiger partial charge in [0.2, 0.25) is 0 Å². The number of tetrazole rings is 1. The highest BCUT2D eigenvalue weighted by Crippen LogP contribution is 2.24. The third-order valence-corrected chi connectivity index (χ3v) is 4.40. The molecule has 1 amide bonds. The molecule has 3 rings (SSSR count). The van der Waals surface area contributed by atoms with E-state index < -0.39 is 0 Å². The second-order valence-electron chi connectivity index (χ2n) is 6.19. The number of aromatic nitrogens is 4. The molecule has 1 aromatic carbocycles. The molecule has 132 valence electrons. The van der Waals surface area contributed by atoms with Gasteiger partial charge < -0.3 is 10.4 Å². The highest BCUT2D eigenvalue weighted by molar-refractivity contribution is 6.18. The molecular weight excluding hydrogens is 325 g/mol. The van der Waals surface area contributed by atoms with E-state index in [1.807, 2.05) is 0 Å². The van der Waals surface area contributed by atoms with Crippen molar-refractivity contribution in [2.24, 2.45) is 5.92 Å². The van der Waals surface area contributed by atoms with Crippen molar-refractivity contribution in [3.8, 4) is 0 Å². The Labute approximate surface area is 144 Å². The standard InChI is InChI=1S/C17H20FN5O2/c1-11-20-21-22-23(11)15(9-12-5-7-14(18)8-6-12)17(25)19-10-13-3-2-4-16(13)24/h5-9,13,16,24H,2-4,10H2,1H3,(H,19,25). The molecule has 7 nitrogen and oxygen atoms in total. The van der Waals surface area contributed by atoms with Crippen LogP contribution in [0, 0.1) is 18.7 Å². The monoisotopic (exact) mass is 345 g/mol. The molecule has 2 unspecified atom stereocenters. The molecule has 1 aromatic heterocycles. The first kappa shape index (κ1) is 17.2. The van der Waals surface area contributed by atoms with Crippen molar-refractivity contribution in [1.29, 1.82) is 0 Å². The van der Waals surface area contributed by atoms with Crippen molar-refractivity contribution in [3.05, 3.63) is 41.5 Å². The number of rotatable bonds is 5. The maximum absolute atomic E-state index is 13.1. The molecule has 0 spiro atoms. The van der Waals surface area contributed by atoms with Crippen molar-refractivity contribution >= 4 is 17.7 Å². The number of nitrogens with zero attached hydrogens (tertiary/aromatic N) is 4. The topological polar surface area (TPSA) is 92.9 Å². The third-order valence-electron chi connectivity index (χ3n) is 4.40. The van der Waals surface area contributed by atoms with Gasteiger partial charge in [0.1, 0.15) is 11.5 Å². The predicted octanol–water partition coefficient (Wildman–Crippen LogP) is 1.40. The molecule has 0 bridgehead atoms. The van der Waals surface area contributed by atoms with Crippen molar-refractivity contribution in [2.45, 2.75) is 32.3 Å². The zero-order chi connectivity index (χ0) is 17.8. The number of carbonyl (C=O) groups excluding carboxylic acids is 1. The summed E-state index contributed by atoms with van der Waals surface area (Å²) < 4.78 is 14.4. The number of aliphatic hydroxyl groups is 1. The number of hydrogen-bond donors (Lipinski definition) is 2. The van der Waals surface area contributed by atoms with Gasteiger partial charge in [-0.2, -0.15) is 4.68 Å². The van der Waals surface area contributed by atoms with E-state index in [0.717, 1.165) is 19.3 Å². The first-order valence-corrected chi connectivity index (χ1v) is 8.23. The van der Waals surface area contributed by atoms with Crippen molar-refractivity contribution in [2.75, 3.05) is 6.54 Å². The number of nitrogens with one attached hydrogen (secondary N) is 1. The van der Waals surface area contributed by atoms with E-state index in [4.69, 9.17) is 0 Å². The molecule has 0 saturated heterocycles. The molecule has 2 aromatic rings. The number of hydrogen-bond acceptors (Lipinski definition) is 5. The predicted molar refractivity (Wildman–Crippen MR) is 89.5 cm³/mol. The average Bonchev–Trinajstić information content (AvgIpc) is 3.20. The molecule has 1 heterocycles. The molecule has 25 heavy (non-hydrogen) atoms. The molecule has 1 fully saturated rings. The highest BCUT2D eigenvalue weighted by Gasteiger charge is 2.26. The fourth-order valence-corrected chi connectivity index (χ4v) is 2.96. The zero-order valence-corrected chi connectivity index (χ0v) is 13.9. The van der Waals surface area contributed by atoms with Gasteiger partial charge in [-0.05, 0) is 54.0 Å². The lowest BCUT2D eigenvalue weighted by Crippen LogP contribution is -2.34. The fraction of sp³-hybridized carbons (Fsp3) is 0.412. The summed E-state index contributed by atoms with van der Waals surface area (Å²) in [5.74, 6) is -0.175. The Morgan fingerprint density at radius 2 is 2.16 bits per heavy atom. The number of amides is 1. The summed E-state index contributed by atoms with van der Waals surface area (Å²) in [6.07, 6.45) is 3.85. The Morgan fingerprint density at radius 3 is 2.76 bits per heavy atom. The van der Waals surface area contributed by atoms with Gasteiger partial charge in [0.05, 0.1) is 6.10 Å². The molecule has 1 saturated carbocycles. The maximum atomic E-state index is 13.1. The SMILES string of the molecule is Cc1nnnn1C(=Cc1ccc(F)cc1)C(=O)NCC1CCCC1O. The first-order valence-electron chi connectivity index (χ1n) is 8.23. The van der Waals surface area contributed by atoms with E-state index in [1.165, 1.54) is 16.8 Å². The normalized spacial score (nSPS) is 20.7. The van der Waals surface area contributed by atoms with E-state index in [1.54, 1.807) is 25.1 Å². The van der Waals surface area contributed by atoms with Crippen LogP contribution in [0.5, 0.6) is 0 Å². The highest BCUT2D eigenvalue weighted by atomic mass is 19.1. The van der Waals surface area contributed by atoms with Crippen LogP contribution in [0.2, 0.25) is 0 Å². The van der Waals surface area contributed by atoms with Gasteiger partial charge in [-0.15, -0.1) is 5.10 Å². The molecular formula is C17H20FN5O2. The molecule has 0 aliphatic heterocycles. The van der Waals surface area contributed by atoms with Crippen LogP contribution in [0.25, 0.3) is 11.8 Å². The minimum Gasteiger partial charge on any atom is -0.393 e. The van der Waals surface area contributed by atoms with Crippen LogP contribution >= 0.6 is 0 Å². The van der Waals surface area contributed by atoms with Crippen LogP contribution in [0.3, 0.4) is 0 Å². The molecule has 1 aliphatic rings. The van der Waals surface area contributed by atoms with Crippen LogP contribution in [0.1, 0.15) is 30.7 Å². The van der Waals surface area contributed by atoms with Crippen LogP contribution in [-0.4, -0.2) is 43.9 Å². The molecule has 8 heteroatoms. The number of aliphatic hydroxyl groups excluding tert-OH is 1. The van der Waals surface area contributed by atoms with Gasteiger partial charge in [0, 0.05) is 12.5 Å². The van der Waals surface area contributed by atoms with E-state index >= 15 is 0 Å². The van der Waals surface area contributed by atoms with Crippen LogP contribution in [0.15, 0.2) is 24.3 Å². The van der Waals surface area contributed by atoms with E-state index in [-0.39, 0.29) is 29.4 Å². The number of halogens is 1. The van der Waals surface area contributed by atoms with Gasteiger partial charge in [-0.25, -0.2) is 4.39 Å². The van der Waals surface area contributed by atoms with Crippen molar-refractivity contribution < 1.29 is 14.3 Å².